The number of ether oxygens (including phenoxy) is 5. The Morgan fingerprint density at radius 3 is 2.43 bits per heavy atom. The molecule has 2 heterocycles. The van der Waals surface area contributed by atoms with E-state index >= 15 is 0 Å². The van der Waals surface area contributed by atoms with Gasteiger partial charge in [-0.2, -0.15) is 0 Å². The summed E-state index contributed by atoms with van der Waals surface area (Å²) in [5.41, 5.74) is 4.25. The number of hydrogen-bond donors (Lipinski definition) is 1. The van der Waals surface area contributed by atoms with Crippen molar-refractivity contribution in [3.05, 3.63) is 82.8 Å². The smallest absolute Gasteiger partial charge is 0.338 e. The quantitative estimate of drug-likeness (QED) is 0.359. The third-order valence-corrected chi connectivity index (χ3v) is 6.60. The number of nitrogens with zero attached hydrogens (tertiary/aromatic N) is 2. The van der Waals surface area contributed by atoms with E-state index in [4.69, 9.17) is 23.7 Å². The molecule has 2 aromatic heterocycles. The summed E-state index contributed by atoms with van der Waals surface area (Å²) in [4.78, 5) is 17.9. The molecule has 4 aromatic rings. The monoisotopic (exact) mass is 504 g/mol. The molecular formula is C28H28N2O7. The molecular weight excluding hydrogens is 476 g/mol. The molecule has 37 heavy (non-hydrogen) atoms. The molecule has 0 saturated carbocycles. The molecule has 1 aliphatic rings. The van der Waals surface area contributed by atoms with E-state index in [1.807, 2.05) is 53.9 Å². The average molecular weight is 505 g/mol. The van der Waals surface area contributed by atoms with Gasteiger partial charge in [0.2, 0.25) is 5.75 Å². The highest BCUT2D eigenvalue weighted by Crippen LogP contribution is 2.41. The van der Waals surface area contributed by atoms with Crippen molar-refractivity contribution in [1.82, 2.24) is 9.38 Å². The predicted molar refractivity (Wildman–Crippen MR) is 135 cm³/mol. The molecule has 9 nitrogen and oxygen atoms in total. The maximum absolute atomic E-state index is 13.3. The van der Waals surface area contributed by atoms with E-state index in [9.17, 15) is 9.90 Å². The zero-order valence-corrected chi connectivity index (χ0v) is 21.1. The highest BCUT2D eigenvalue weighted by molar-refractivity contribution is 5.91. The van der Waals surface area contributed by atoms with Gasteiger partial charge in [0.15, 0.2) is 29.0 Å². The van der Waals surface area contributed by atoms with E-state index in [-0.39, 0.29) is 12.2 Å². The number of aryl methyl sites for hydroxylation is 1. The van der Waals surface area contributed by atoms with E-state index in [1.165, 1.54) is 21.3 Å². The van der Waals surface area contributed by atoms with Crippen LogP contribution in [0.1, 0.15) is 39.0 Å². The summed E-state index contributed by atoms with van der Waals surface area (Å²) in [7, 11) is 4.48. The largest absolute Gasteiger partial charge is 0.493 e. The summed E-state index contributed by atoms with van der Waals surface area (Å²) in [5, 5.41) is 9.78. The van der Waals surface area contributed by atoms with Crippen molar-refractivity contribution >= 4 is 11.6 Å². The average Bonchev–Trinajstić information content (AvgIpc) is 3.43. The molecule has 0 fully saturated rings. The fourth-order valence-electron chi connectivity index (χ4n) is 4.79. The van der Waals surface area contributed by atoms with E-state index in [1.54, 1.807) is 12.1 Å². The highest BCUT2D eigenvalue weighted by atomic mass is 16.6. The molecule has 9 heteroatoms. The van der Waals surface area contributed by atoms with Crippen LogP contribution in [0.4, 0.5) is 0 Å². The first-order chi connectivity index (χ1) is 18.0. The van der Waals surface area contributed by atoms with Crippen molar-refractivity contribution in [2.24, 2.45) is 0 Å². The Balaban J connectivity index is 1.48. The Labute approximate surface area is 214 Å². The van der Waals surface area contributed by atoms with Crippen LogP contribution in [0.25, 0.3) is 5.65 Å². The van der Waals surface area contributed by atoms with Crippen LogP contribution in [0.15, 0.2) is 54.7 Å². The second-order valence-electron chi connectivity index (χ2n) is 8.67. The molecule has 1 N–H and O–H groups in total. The molecule has 0 radical (unpaired) electrons. The number of carbonyl (C=O) groups excluding carboxylic acids is 1. The molecule has 2 aromatic carbocycles. The second-order valence-corrected chi connectivity index (χ2v) is 8.67. The third kappa shape index (κ3) is 4.31. The maximum atomic E-state index is 13.3. The van der Waals surface area contributed by atoms with E-state index in [2.05, 4.69) is 4.98 Å². The van der Waals surface area contributed by atoms with Crippen LogP contribution in [0.2, 0.25) is 0 Å². The SMILES string of the molecule is COc1cc(C(=O)O[C@@H]2Cc3ccccc3[C@H]2Oc2cccn3c(CO)c(C)nc23)cc(OC)c1OC. The number of pyridine rings is 1. The van der Waals surface area contributed by atoms with Crippen LogP contribution in [-0.2, 0) is 17.8 Å². The highest BCUT2D eigenvalue weighted by Gasteiger charge is 2.38. The summed E-state index contributed by atoms with van der Waals surface area (Å²) < 4.78 is 30.5. The third-order valence-electron chi connectivity index (χ3n) is 6.60. The van der Waals surface area contributed by atoms with Gasteiger partial charge in [0, 0.05) is 12.6 Å². The minimum atomic E-state index is -0.586. The number of hydrogen-bond acceptors (Lipinski definition) is 8. The molecule has 0 amide bonds. The van der Waals surface area contributed by atoms with Crippen LogP contribution in [0, 0.1) is 6.92 Å². The maximum Gasteiger partial charge on any atom is 0.338 e. The number of aromatic nitrogens is 2. The molecule has 0 bridgehead atoms. The number of imidazole rings is 1. The molecule has 2 atom stereocenters. The minimum Gasteiger partial charge on any atom is -0.493 e. The minimum absolute atomic E-state index is 0.141. The Morgan fingerprint density at radius 1 is 1.03 bits per heavy atom. The van der Waals surface area contributed by atoms with Crippen molar-refractivity contribution in [1.29, 1.82) is 0 Å². The first-order valence-corrected chi connectivity index (χ1v) is 11.8. The summed E-state index contributed by atoms with van der Waals surface area (Å²) in [6.07, 6.45) is 1.19. The van der Waals surface area contributed by atoms with Gasteiger partial charge < -0.3 is 28.8 Å². The van der Waals surface area contributed by atoms with Gasteiger partial charge in [0.1, 0.15) is 6.10 Å². The van der Waals surface area contributed by atoms with Crippen molar-refractivity contribution in [2.75, 3.05) is 21.3 Å². The van der Waals surface area contributed by atoms with Crippen LogP contribution >= 0.6 is 0 Å². The molecule has 0 aliphatic heterocycles. The normalized spacial score (nSPS) is 16.4. The summed E-state index contributed by atoms with van der Waals surface area (Å²) in [5.74, 6) is 1.10. The van der Waals surface area contributed by atoms with Gasteiger partial charge in [-0.1, -0.05) is 24.3 Å². The first kappa shape index (κ1) is 24.5. The standard InChI is InChI=1S/C28H28N2O7/c1-16-20(15-31)30-11-7-10-21(27(30)29-16)36-25-19-9-6-5-8-17(19)12-24(25)37-28(32)18-13-22(33-2)26(35-4)23(14-18)34-3/h5-11,13-14,24-25,31H,12,15H2,1-4H3/t24-,25-/m1/s1. The summed E-state index contributed by atoms with van der Waals surface area (Å²) in [6, 6.07) is 14.6. The Morgan fingerprint density at radius 2 is 1.76 bits per heavy atom. The van der Waals surface area contributed by atoms with Gasteiger partial charge in [-0.15, -0.1) is 0 Å². The molecule has 0 unspecified atom stereocenters. The number of rotatable bonds is 8. The number of carbonyl (C=O) groups is 1. The Bertz CT molecular complexity index is 1440. The lowest BCUT2D eigenvalue weighted by Crippen LogP contribution is -2.26. The van der Waals surface area contributed by atoms with Crippen molar-refractivity contribution in [3.8, 4) is 23.0 Å². The van der Waals surface area contributed by atoms with Crippen molar-refractivity contribution < 1.29 is 33.6 Å². The van der Waals surface area contributed by atoms with Crippen LogP contribution in [-0.4, -0.2) is 47.9 Å². The zero-order valence-electron chi connectivity index (χ0n) is 21.1. The molecule has 1 aliphatic carbocycles. The second kappa shape index (κ2) is 10.0. The number of methoxy groups -OCH3 is 3. The fraction of sp³-hybridized carbons (Fsp3) is 0.286. The van der Waals surface area contributed by atoms with E-state index < -0.39 is 18.2 Å². The van der Waals surface area contributed by atoms with Gasteiger partial charge in [0.05, 0.1) is 44.9 Å². The first-order valence-electron chi connectivity index (χ1n) is 11.8. The van der Waals surface area contributed by atoms with Crippen LogP contribution in [0.5, 0.6) is 23.0 Å². The van der Waals surface area contributed by atoms with Crippen LogP contribution in [0.3, 0.4) is 0 Å². The lowest BCUT2D eigenvalue weighted by atomic mass is 10.1. The number of aliphatic hydroxyl groups excluding tert-OH is 1. The predicted octanol–water partition coefficient (Wildman–Crippen LogP) is 4.06. The summed E-state index contributed by atoms with van der Waals surface area (Å²) in [6.45, 7) is 1.70. The Kier molecular flexibility index (Phi) is 6.62. The molecule has 5 rings (SSSR count). The van der Waals surface area contributed by atoms with Gasteiger partial charge in [0.25, 0.3) is 0 Å². The van der Waals surface area contributed by atoms with Gasteiger partial charge in [-0.3, -0.25) is 4.40 Å². The van der Waals surface area contributed by atoms with Gasteiger partial charge in [-0.25, -0.2) is 9.78 Å². The number of benzene rings is 2. The Hall–Kier alpha value is -4.24. The van der Waals surface area contributed by atoms with Crippen LogP contribution < -0.4 is 18.9 Å². The lowest BCUT2D eigenvalue weighted by Gasteiger charge is -2.23. The number of fused-ring (bicyclic) bond motifs is 2. The number of aliphatic hydroxyl groups is 1. The molecule has 0 spiro atoms. The fourth-order valence-corrected chi connectivity index (χ4v) is 4.79. The van der Waals surface area contributed by atoms with Crippen molar-refractivity contribution in [3.63, 3.8) is 0 Å². The van der Waals surface area contributed by atoms with Crippen molar-refractivity contribution in [2.45, 2.75) is 32.2 Å². The van der Waals surface area contributed by atoms with Gasteiger partial charge in [-0.05, 0) is 42.3 Å². The molecule has 192 valence electrons. The lowest BCUT2D eigenvalue weighted by molar-refractivity contribution is -0.00291. The number of esters is 1. The topological polar surface area (TPSA) is 101 Å². The summed E-state index contributed by atoms with van der Waals surface area (Å²) >= 11 is 0. The van der Waals surface area contributed by atoms with E-state index in [0.717, 1.165) is 16.8 Å². The van der Waals surface area contributed by atoms with Gasteiger partial charge >= 0.3 is 5.97 Å². The zero-order chi connectivity index (χ0) is 26.1. The molecule has 0 saturated heterocycles. The van der Waals surface area contributed by atoms with E-state index in [0.29, 0.717) is 40.8 Å².